The summed E-state index contributed by atoms with van der Waals surface area (Å²) in [5.41, 5.74) is 4.27. The topological polar surface area (TPSA) is 12.0 Å². The van der Waals surface area contributed by atoms with E-state index in [0.29, 0.717) is 6.04 Å². The van der Waals surface area contributed by atoms with E-state index in [0.717, 1.165) is 13.0 Å². The van der Waals surface area contributed by atoms with E-state index in [2.05, 4.69) is 59.9 Å². The average Bonchev–Trinajstić information content (AvgIpc) is 2.39. The fourth-order valence-electron chi connectivity index (χ4n) is 2.45. The van der Waals surface area contributed by atoms with E-state index in [9.17, 15) is 0 Å². The van der Waals surface area contributed by atoms with E-state index in [1.54, 1.807) is 0 Å². The molecule has 1 atom stereocenters. The van der Waals surface area contributed by atoms with E-state index in [4.69, 9.17) is 0 Å². The molecule has 2 heteroatoms. The summed E-state index contributed by atoms with van der Waals surface area (Å²) >= 11 is 0. The molecule has 82 valence electrons. The van der Waals surface area contributed by atoms with Gasteiger partial charge in [-0.3, -0.25) is 0 Å². The first-order chi connectivity index (χ1) is 7.95. The maximum atomic E-state index is 3.59. The van der Waals surface area contributed by atoms with Gasteiger partial charge in [-0.2, -0.15) is 0 Å². The Labute approximate surface area is 126 Å². The van der Waals surface area contributed by atoms with Crippen LogP contribution in [-0.4, -0.2) is 6.54 Å². The van der Waals surface area contributed by atoms with Gasteiger partial charge in [0.05, 0.1) is 6.04 Å². The van der Waals surface area contributed by atoms with Crippen molar-refractivity contribution in [3.05, 3.63) is 71.3 Å². The van der Waals surface area contributed by atoms with E-state index < -0.39 is 0 Å². The van der Waals surface area contributed by atoms with Gasteiger partial charge in [0.1, 0.15) is 0 Å². The third kappa shape index (κ3) is 2.63. The predicted octanol–water partition coefficient (Wildman–Crippen LogP) is 0.0382. The smallest absolute Gasteiger partial charge is 1.00 e. The third-order valence-electron chi connectivity index (χ3n) is 3.24. The number of rotatable bonds is 1. The van der Waals surface area contributed by atoms with E-state index in [-0.39, 0.29) is 31.0 Å². The Morgan fingerprint density at radius 1 is 0.941 bits per heavy atom. The van der Waals surface area contributed by atoms with E-state index >= 15 is 0 Å². The van der Waals surface area contributed by atoms with Gasteiger partial charge in [0.25, 0.3) is 0 Å². The molecule has 1 aliphatic heterocycles. The molecule has 0 fully saturated rings. The monoisotopic (exact) mass is 233 g/mol. The van der Waals surface area contributed by atoms with Gasteiger partial charge in [0.2, 0.25) is 0 Å². The summed E-state index contributed by atoms with van der Waals surface area (Å²) in [4.78, 5) is 0. The summed E-state index contributed by atoms with van der Waals surface area (Å²) in [7, 11) is 0. The summed E-state index contributed by atoms with van der Waals surface area (Å²) in [5.74, 6) is 0. The summed E-state index contributed by atoms with van der Waals surface area (Å²) in [5, 5.41) is 3.59. The molecule has 0 radical (unpaired) electrons. The molecule has 2 aromatic carbocycles. The van der Waals surface area contributed by atoms with Crippen LogP contribution < -0.4 is 34.9 Å². The molecule has 1 N–H and O–H groups in total. The number of nitrogens with one attached hydrogen (secondary N) is 1. The second-order valence-electron chi connectivity index (χ2n) is 4.25. The Bertz CT molecular complexity index is 487. The average molecular weight is 233 g/mol. The van der Waals surface area contributed by atoms with Gasteiger partial charge < -0.3 is 6.74 Å². The van der Waals surface area contributed by atoms with Crippen molar-refractivity contribution in [2.75, 3.05) is 6.54 Å². The summed E-state index contributed by atoms with van der Waals surface area (Å²) in [6.07, 6.45) is 1.14. The maximum absolute atomic E-state index is 3.59. The van der Waals surface area contributed by atoms with Crippen LogP contribution in [0.4, 0.5) is 0 Å². The van der Waals surface area contributed by atoms with Crippen molar-refractivity contribution in [1.82, 2.24) is 5.32 Å². The van der Waals surface area contributed by atoms with Gasteiger partial charge in [-0.15, -0.1) is 0 Å². The fourth-order valence-corrected chi connectivity index (χ4v) is 2.45. The number of benzene rings is 2. The summed E-state index contributed by atoms with van der Waals surface area (Å²) in [6, 6.07) is 19.8. The zero-order valence-electron chi connectivity index (χ0n) is 11.2. The zero-order valence-corrected chi connectivity index (χ0v) is 12.2. The number of hydrogen-bond donors (Lipinski definition) is 1. The molecule has 0 aliphatic carbocycles. The largest absolute Gasteiger partial charge is 1.00 e. The van der Waals surface area contributed by atoms with Gasteiger partial charge in [-0.25, -0.2) is 0 Å². The van der Waals surface area contributed by atoms with Crippen LogP contribution in [0.15, 0.2) is 54.6 Å². The molecule has 0 saturated heterocycles. The molecular formula is C15H16NNa. The van der Waals surface area contributed by atoms with E-state index in [1.165, 1.54) is 16.7 Å². The normalized spacial score (nSPS) is 18.0. The van der Waals surface area contributed by atoms with Gasteiger partial charge in [0, 0.05) is 6.54 Å². The van der Waals surface area contributed by atoms with Crippen LogP contribution in [-0.2, 0) is 6.42 Å². The Balaban J connectivity index is 0.000000810. The summed E-state index contributed by atoms with van der Waals surface area (Å²) < 4.78 is 0. The van der Waals surface area contributed by atoms with E-state index in [1.807, 2.05) is 0 Å². The van der Waals surface area contributed by atoms with Crippen molar-refractivity contribution in [3.8, 4) is 0 Å². The number of fused-ring (bicyclic) bond motifs is 1. The molecule has 1 unspecified atom stereocenters. The molecule has 0 bridgehead atoms. The first-order valence-corrected chi connectivity index (χ1v) is 5.81. The first kappa shape index (κ1) is 12.8. The Kier molecular flexibility index (Phi) is 4.41. The molecule has 1 aliphatic rings. The SMILES string of the molecule is [H-].[Na+].c1ccc(C2NCCc3ccccc32)cc1. The molecule has 2 aromatic rings. The van der Waals surface area contributed by atoms with Crippen molar-refractivity contribution in [2.24, 2.45) is 0 Å². The molecule has 0 amide bonds. The Morgan fingerprint density at radius 2 is 1.65 bits per heavy atom. The van der Waals surface area contributed by atoms with Crippen LogP contribution in [0.1, 0.15) is 24.2 Å². The van der Waals surface area contributed by atoms with Crippen LogP contribution in [0.3, 0.4) is 0 Å². The fraction of sp³-hybridized carbons (Fsp3) is 0.200. The maximum Gasteiger partial charge on any atom is 1.00 e. The van der Waals surface area contributed by atoms with Gasteiger partial charge in [-0.05, 0) is 23.1 Å². The van der Waals surface area contributed by atoms with Crippen molar-refractivity contribution in [1.29, 1.82) is 0 Å². The first-order valence-electron chi connectivity index (χ1n) is 5.81. The molecule has 0 aromatic heterocycles. The minimum Gasteiger partial charge on any atom is -1.00 e. The molecule has 17 heavy (non-hydrogen) atoms. The van der Waals surface area contributed by atoms with Gasteiger partial charge in [-0.1, -0.05) is 54.6 Å². The van der Waals surface area contributed by atoms with Crippen LogP contribution in [0.25, 0.3) is 0 Å². The third-order valence-corrected chi connectivity index (χ3v) is 3.24. The molecule has 1 nitrogen and oxygen atoms in total. The molecule has 0 spiro atoms. The predicted molar refractivity (Wildman–Crippen MR) is 67.5 cm³/mol. The number of hydrogen-bond acceptors (Lipinski definition) is 1. The molecule has 1 heterocycles. The van der Waals surface area contributed by atoms with Crippen LogP contribution in [0.2, 0.25) is 0 Å². The molecule has 3 rings (SSSR count). The van der Waals surface area contributed by atoms with Crippen molar-refractivity contribution >= 4 is 0 Å². The van der Waals surface area contributed by atoms with Crippen molar-refractivity contribution in [3.63, 3.8) is 0 Å². The van der Waals surface area contributed by atoms with Crippen LogP contribution in [0.5, 0.6) is 0 Å². The van der Waals surface area contributed by atoms with Gasteiger partial charge >= 0.3 is 29.6 Å². The molecule has 0 saturated carbocycles. The Morgan fingerprint density at radius 3 is 2.47 bits per heavy atom. The van der Waals surface area contributed by atoms with Crippen molar-refractivity contribution in [2.45, 2.75) is 12.5 Å². The zero-order chi connectivity index (χ0) is 10.8. The second kappa shape index (κ2) is 5.83. The quantitative estimate of drug-likeness (QED) is 0.686. The second-order valence-corrected chi connectivity index (χ2v) is 4.25. The van der Waals surface area contributed by atoms with Crippen LogP contribution in [0, 0.1) is 0 Å². The standard InChI is InChI=1S/C15H15N.Na.H/c1-2-7-13(8-3-1)15-14-9-5-4-6-12(14)10-11-16-15;;/h1-9,15-16H,10-11H2;;/q;+1;-1. The van der Waals surface area contributed by atoms with Crippen molar-refractivity contribution < 1.29 is 31.0 Å². The summed E-state index contributed by atoms with van der Waals surface area (Å²) in [6.45, 7) is 1.07. The molecular weight excluding hydrogens is 217 g/mol. The van der Waals surface area contributed by atoms with Gasteiger partial charge in [0.15, 0.2) is 0 Å². The Hall–Kier alpha value is -0.600. The van der Waals surface area contributed by atoms with Crippen LogP contribution >= 0.6 is 0 Å². The minimum atomic E-state index is 0. The minimum absolute atomic E-state index is 0.